The largest absolute Gasteiger partial charge is 0.416 e. The number of alkyl halides is 18. The zero-order chi connectivity index (χ0) is 68.9. The lowest BCUT2D eigenvalue weighted by molar-refractivity contribution is -0.186. The molecular weight excluding hydrogens is 1520 g/mol. The van der Waals surface area contributed by atoms with Crippen LogP contribution in [0.1, 0.15) is 103 Å². The number of halogens is 27. The Hall–Kier alpha value is -4.89. The first-order valence-corrected chi connectivity index (χ1v) is 27.4. The van der Waals surface area contributed by atoms with Gasteiger partial charge in [-0.15, -0.1) is 74.4 Å². The number of rotatable bonds is 12. The van der Waals surface area contributed by atoms with Gasteiger partial charge < -0.3 is 44.8 Å². The Morgan fingerprint density at radius 3 is 0.646 bits per heavy atom. The van der Waals surface area contributed by atoms with Gasteiger partial charge in [0.2, 0.25) is 0 Å². The van der Waals surface area contributed by atoms with Gasteiger partial charge in [0, 0.05) is 39.3 Å². The van der Waals surface area contributed by atoms with Crippen molar-refractivity contribution >= 4 is 74.4 Å². The zero-order valence-corrected chi connectivity index (χ0v) is 54.7. The summed E-state index contributed by atoms with van der Waals surface area (Å²) in [5.41, 5.74) is -9.70. The monoisotopic (exact) mass is 1580 g/mol. The number of hydrogen-bond acceptors (Lipinski definition) is 12. The lowest BCUT2D eigenvalue weighted by Gasteiger charge is -2.40. The number of benzene rings is 6. The van der Waals surface area contributed by atoms with Crippen molar-refractivity contribution in [2.75, 3.05) is 59.1 Å². The molecule has 0 amide bonds. The highest BCUT2D eigenvalue weighted by Gasteiger charge is 2.43. The van der Waals surface area contributed by atoms with Crippen LogP contribution in [0.15, 0.2) is 127 Å². The standard InChI is InChI=1S/3C20H18F7NO3.6ClH/c3*21-15-3-1-11(2-4-15)17-18(30)31-6-5-28(17)10-16(29)12-7-13(19(22,23)24)9-14(8-12)20(25,26)27;;;;;;/h3*1-4,7-9,16-18,29-30H,5-6,10H2;6*1H/t16-,17+,18+;2*16-,17+,18-;;;;;;/m111....../s1. The molecule has 558 valence electrons. The van der Waals surface area contributed by atoms with Crippen LogP contribution in [0.4, 0.5) is 92.2 Å². The summed E-state index contributed by atoms with van der Waals surface area (Å²) >= 11 is 0. The summed E-state index contributed by atoms with van der Waals surface area (Å²) in [4.78, 5) is 4.37. The predicted molar refractivity (Wildman–Crippen MR) is 326 cm³/mol. The Morgan fingerprint density at radius 2 is 0.485 bits per heavy atom. The molecule has 6 N–H and O–H groups in total. The molecule has 0 unspecified atom stereocenters. The number of nitrogens with zero attached hydrogens (tertiary/aromatic N) is 3. The van der Waals surface area contributed by atoms with E-state index in [1.807, 2.05) is 0 Å². The van der Waals surface area contributed by atoms with E-state index in [0.29, 0.717) is 53.1 Å². The number of hydrogen-bond donors (Lipinski definition) is 6. The second-order valence-electron chi connectivity index (χ2n) is 21.3. The minimum absolute atomic E-state index is 0. The van der Waals surface area contributed by atoms with Gasteiger partial charge in [0.25, 0.3) is 0 Å². The number of ether oxygens (including phenoxy) is 3. The normalized spacial score (nSPS) is 20.5. The molecule has 3 aliphatic rings. The molecular formula is C60H60Cl6F21N3O9. The molecule has 0 saturated carbocycles. The third-order valence-corrected chi connectivity index (χ3v) is 14.8. The van der Waals surface area contributed by atoms with E-state index >= 15 is 0 Å². The topological polar surface area (TPSA) is 159 Å². The summed E-state index contributed by atoms with van der Waals surface area (Å²) in [5.74, 6) is -1.61. The van der Waals surface area contributed by atoms with Crippen molar-refractivity contribution in [3.63, 3.8) is 0 Å². The lowest BCUT2D eigenvalue weighted by atomic mass is 9.98. The molecule has 6 aromatic carbocycles. The summed E-state index contributed by atoms with van der Waals surface area (Å²) in [7, 11) is 0. The van der Waals surface area contributed by atoms with Gasteiger partial charge in [-0.3, -0.25) is 14.7 Å². The molecule has 99 heavy (non-hydrogen) atoms. The molecule has 12 nitrogen and oxygen atoms in total. The van der Waals surface area contributed by atoms with Crippen LogP contribution in [0.3, 0.4) is 0 Å². The first-order chi connectivity index (χ1) is 43.1. The average molecular weight is 1580 g/mol. The molecule has 3 aliphatic heterocycles. The SMILES string of the molecule is Cl.Cl.Cl.Cl.Cl.Cl.O[C@H](CN1CCO[C@@H](O)[C@@H]1c1ccc(F)cc1)c1cc(C(F)(F)F)cc(C(F)(F)F)c1.O[C@H](CN1CCO[C@@H](O)[C@@H]1c1ccc(F)cc1)c1cc(C(F)(F)F)cc(C(F)(F)F)c1.O[C@H](CN1CCO[C@H](O)[C@@H]1c1ccc(F)cc1)c1cc(C(F)(F)F)cc(C(F)(F)F)c1. The fourth-order valence-electron chi connectivity index (χ4n) is 10.3. The molecule has 39 heteroatoms. The zero-order valence-electron chi connectivity index (χ0n) is 49.8. The van der Waals surface area contributed by atoms with E-state index < -0.39 is 160 Å². The fourth-order valence-corrected chi connectivity index (χ4v) is 10.3. The van der Waals surface area contributed by atoms with Gasteiger partial charge >= 0.3 is 37.1 Å². The van der Waals surface area contributed by atoms with E-state index in [4.69, 9.17) is 14.2 Å². The van der Waals surface area contributed by atoms with Crippen LogP contribution in [-0.2, 0) is 51.3 Å². The summed E-state index contributed by atoms with van der Waals surface area (Å²) < 4.78 is 291. The highest BCUT2D eigenvalue weighted by molar-refractivity contribution is 5.86. The molecule has 3 saturated heterocycles. The van der Waals surface area contributed by atoms with Crippen LogP contribution in [-0.4, -0.2) is 123 Å². The molecule has 0 radical (unpaired) electrons. The Balaban J connectivity index is 0.000000721. The smallest absolute Gasteiger partial charge is 0.387 e. The van der Waals surface area contributed by atoms with Gasteiger partial charge in [0.15, 0.2) is 18.9 Å². The van der Waals surface area contributed by atoms with Gasteiger partial charge in [0.1, 0.15) is 17.5 Å². The van der Waals surface area contributed by atoms with Crippen LogP contribution in [0.5, 0.6) is 0 Å². The second kappa shape index (κ2) is 37.5. The van der Waals surface area contributed by atoms with Gasteiger partial charge in [-0.2, -0.15) is 79.0 Å². The van der Waals surface area contributed by atoms with Crippen LogP contribution >= 0.6 is 74.4 Å². The van der Waals surface area contributed by atoms with Crippen LogP contribution in [0.2, 0.25) is 0 Å². The second-order valence-corrected chi connectivity index (χ2v) is 21.3. The lowest BCUT2D eigenvalue weighted by Crippen LogP contribution is -2.46. The molecule has 9 atom stereocenters. The minimum atomic E-state index is -5.04. The van der Waals surface area contributed by atoms with Gasteiger partial charge in [-0.1, -0.05) is 36.4 Å². The van der Waals surface area contributed by atoms with Crippen molar-refractivity contribution in [1.82, 2.24) is 14.7 Å². The van der Waals surface area contributed by atoms with E-state index in [2.05, 4.69) is 0 Å². The molecule has 0 aliphatic carbocycles. The van der Waals surface area contributed by atoms with Crippen molar-refractivity contribution in [2.45, 2.75) is 92.4 Å². The highest BCUT2D eigenvalue weighted by Crippen LogP contribution is 2.43. The quantitative estimate of drug-likeness (QED) is 0.0645. The first kappa shape index (κ1) is 92.1. The Bertz CT molecular complexity index is 2990. The van der Waals surface area contributed by atoms with Gasteiger partial charge in [0.05, 0.1) is 89.6 Å². The molecule has 0 spiro atoms. The van der Waals surface area contributed by atoms with Gasteiger partial charge in [-0.05, 0) is 124 Å². The maximum atomic E-state index is 13.2. The summed E-state index contributed by atoms with van der Waals surface area (Å²) in [5, 5.41) is 62.1. The molecule has 0 aromatic heterocycles. The molecule has 0 bridgehead atoms. The van der Waals surface area contributed by atoms with E-state index in [0.717, 1.165) is 36.4 Å². The summed E-state index contributed by atoms with van der Waals surface area (Å²) in [6, 6.07) is 15.0. The predicted octanol–water partition coefficient (Wildman–Crippen LogP) is 15.4. The van der Waals surface area contributed by atoms with E-state index in [-0.39, 0.29) is 152 Å². The third-order valence-electron chi connectivity index (χ3n) is 14.8. The third kappa shape index (κ3) is 25.2. The number of aliphatic hydroxyl groups excluding tert-OH is 6. The Morgan fingerprint density at radius 1 is 0.313 bits per heavy atom. The maximum Gasteiger partial charge on any atom is 0.416 e. The van der Waals surface area contributed by atoms with Crippen molar-refractivity contribution in [1.29, 1.82) is 0 Å². The van der Waals surface area contributed by atoms with Crippen LogP contribution < -0.4 is 0 Å². The Kier molecular flexibility index (Phi) is 34.9. The molecule has 9 rings (SSSR count). The van der Waals surface area contributed by atoms with Crippen molar-refractivity contribution in [2.24, 2.45) is 0 Å². The van der Waals surface area contributed by atoms with Crippen molar-refractivity contribution in [3.8, 4) is 0 Å². The van der Waals surface area contributed by atoms with Gasteiger partial charge in [-0.25, -0.2) is 13.2 Å². The first-order valence-electron chi connectivity index (χ1n) is 27.4. The fraction of sp³-hybridized carbons (Fsp3) is 0.400. The molecule has 6 aromatic rings. The summed E-state index contributed by atoms with van der Waals surface area (Å²) in [6.45, 7) is -0.737. The highest BCUT2D eigenvalue weighted by atomic mass is 35.5. The van der Waals surface area contributed by atoms with Crippen molar-refractivity contribution in [3.05, 3.63) is 212 Å². The molecule has 3 heterocycles. The van der Waals surface area contributed by atoms with E-state index in [1.54, 1.807) is 0 Å². The minimum Gasteiger partial charge on any atom is -0.387 e. The van der Waals surface area contributed by atoms with Crippen molar-refractivity contribution < 1.29 is 137 Å². The maximum absolute atomic E-state index is 13.2. The summed E-state index contributed by atoms with van der Waals surface area (Å²) in [6.07, 6.45) is -39.6. The van der Waals surface area contributed by atoms with Crippen LogP contribution in [0.25, 0.3) is 0 Å². The number of aliphatic hydroxyl groups is 6. The Labute approximate surface area is 586 Å². The van der Waals surface area contributed by atoms with E-state index in [9.17, 15) is 123 Å². The number of β-amino-alcohol motifs (C(OH)–C–C–N with tert-alkyl or cyclic N) is 3. The average Bonchev–Trinajstić information content (AvgIpc) is 0.809. The van der Waals surface area contributed by atoms with E-state index in [1.165, 1.54) is 51.1 Å². The number of morpholine rings is 3. The molecule has 3 fully saturated rings. The van der Waals surface area contributed by atoms with Crippen LogP contribution in [0, 0.1) is 17.5 Å².